The molecule has 0 atom stereocenters. The van der Waals surface area contributed by atoms with Gasteiger partial charge in [-0.05, 0) is 40.0 Å². The van der Waals surface area contributed by atoms with Crippen LogP contribution in [0, 0.1) is 0 Å². The van der Waals surface area contributed by atoms with Gasteiger partial charge in [0.25, 0.3) is 5.91 Å². The van der Waals surface area contributed by atoms with E-state index >= 15 is 0 Å². The molecule has 0 spiro atoms. The van der Waals surface area contributed by atoms with Crippen LogP contribution in [0.2, 0.25) is 0 Å². The van der Waals surface area contributed by atoms with Crippen molar-refractivity contribution in [2.75, 3.05) is 11.9 Å². The van der Waals surface area contributed by atoms with E-state index < -0.39 is 0 Å². The van der Waals surface area contributed by atoms with Crippen molar-refractivity contribution < 1.29 is 9.21 Å². The molecule has 0 radical (unpaired) electrons. The van der Waals surface area contributed by atoms with Gasteiger partial charge in [-0.15, -0.1) is 0 Å². The minimum absolute atomic E-state index is 0.255. The highest BCUT2D eigenvalue weighted by molar-refractivity contribution is 9.10. The molecule has 1 aliphatic heterocycles. The van der Waals surface area contributed by atoms with Crippen LogP contribution in [-0.4, -0.2) is 27.5 Å². The zero-order valence-corrected chi connectivity index (χ0v) is 15.0. The highest BCUT2D eigenvalue weighted by Gasteiger charge is 2.23. The number of rotatable bonds is 4. The van der Waals surface area contributed by atoms with Crippen LogP contribution in [0.3, 0.4) is 0 Å². The summed E-state index contributed by atoms with van der Waals surface area (Å²) in [6, 6.07) is 13.7. The number of aromatic amines is 1. The van der Waals surface area contributed by atoms with Gasteiger partial charge in [0.2, 0.25) is 0 Å². The number of halogens is 1. The molecular weight excluding hydrogens is 384 g/mol. The monoisotopic (exact) mass is 400 g/mol. The molecule has 6 nitrogen and oxygen atoms in total. The fraction of sp³-hybridized carbons (Fsp3) is 0.222. The third-order valence-electron chi connectivity index (χ3n) is 4.29. The number of aromatic nitrogens is 2. The summed E-state index contributed by atoms with van der Waals surface area (Å²) < 4.78 is 5.81. The average Bonchev–Trinajstić information content (AvgIpc) is 3.22. The molecule has 1 amide bonds. The molecule has 3 heterocycles. The lowest BCUT2D eigenvalue weighted by Crippen LogP contribution is -2.30. The van der Waals surface area contributed by atoms with Gasteiger partial charge < -0.3 is 9.73 Å². The van der Waals surface area contributed by atoms with Crippen molar-refractivity contribution in [2.24, 2.45) is 0 Å². The first-order valence-corrected chi connectivity index (χ1v) is 8.87. The first-order valence-electron chi connectivity index (χ1n) is 8.08. The van der Waals surface area contributed by atoms with Crippen LogP contribution in [0.15, 0.2) is 51.6 Å². The van der Waals surface area contributed by atoms with Gasteiger partial charge in [0.15, 0.2) is 16.2 Å². The maximum absolute atomic E-state index is 12.2. The van der Waals surface area contributed by atoms with Crippen molar-refractivity contribution in [3.8, 4) is 0 Å². The molecule has 0 saturated heterocycles. The summed E-state index contributed by atoms with van der Waals surface area (Å²) in [6.07, 6.45) is 0.843. The molecule has 0 saturated carbocycles. The second kappa shape index (κ2) is 6.85. The SMILES string of the molecule is O=C(Nc1n[nH]c2c1CCN(Cc1ccccc1)C2)c1ccc(Br)o1. The highest BCUT2D eigenvalue weighted by atomic mass is 79.9. The number of H-pyrrole nitrogens is 1. The maximum Gasteiger partial charge on any atom is 0.292 e. The Morgan fingerprint density at radius 2 is 2.12 bits per heavy atom. The Balaban J connectivity index is 1.44. The lowest BCUT2D eigenvalue weighted by atomic mass is 10.1. The van der Waals surface area contributed by atoms with E-state index in [-0.39, 0.29) is 11.7 Å². The summed E-state index contributed by atoms with van der Waals surface area (Å²) in [6.45, 7) is 2.62. The molecule has 4 rings (SSSR count). The number of benzene rings is 1. The van der Waals surface area contributed by atoms with E-state index in [1.807, 2.05) is 6.07 Å². The normalized spacial score (nSPS) is 14.3. The van der Waals surface area contributed by atoms with Crippen molar-refractivity contribution >= 4 is 27.7 Å². The number of carbonyl (C=O) groups is 1. The van der Waals surface area contributed by atoms with Crippen LogP contribution in [-0.2, 0) is 19.5 Å². The average molecular weight is 401 g/mol. The minimum atomic E-state index is -0.299. The van der Waals surface area contributed by atoms with Gasteiger partial charge in [-0.25, -0.2) is 0 Å². The summed E-state index contributed by atoms with van der Waals surface area (Å²) in [5, 5.41) is 10.2. The molecule has 2 N–H and O–H groups in total. The van der Waals surface area contributed by atoms with Gasteiger partial charge >= 0.3 is 0 Å². The molecule has 0 aliphatic carbocycles. The van der Waals surface area contributed by atoms with E-state index in [4.69, 9.17) is 4.42 Å². The number of amides is 1. The Hall–Kier alpha value is -2.38. The Labute approximate surface area is 153 Å². The van der Waals surface area contributed by atoms with Crippen LogP contribution < -0.4 is 5.32 Å². The molecule has 2 aromatic heterocycles. The number of nitrogens with zero attached hydrogens (tertiary/aromatic N) is 2. The van der Waals surface area contributed by atoms with Crippen molar-refractivity contribution in [1.29, 1.82) is 0 Å². The van der Waals surface area contributed by atoms with Crippen LogP contribution in [0.5, 0.6) is 0 Å². The molecule has 0 fully saturated rings. The molecule has 128 valence electrons. The zero-order valence-electron chi connectivity index (χ0n) is 13.5. The van der Waals surface area contributed by atoms with Gasteiger partial charge in [-0.3, -0.25) is 14.8 Å². The van der Waals surface area contributed by atoms with E-state index in [9.17, 15) is 4.79 Å². The number of anilines is 1. The Morgan fingerprint density at radius 1 is 1.28 bits per heavy atom. The number of carbonyl (C=O) groups excluding carboxylic acids is 1. The highest BCUT2D eigenvalue weighted by Crippen LogP contribution is 2.25. The number of hydrogen-bond donors (Lipinski definition) is 2. The van der Waals surface area contributed by atoms with E-state index in [1.54, 1.807) is 12.1 Å². The number of nitrogens with one attached hydrogen (secondary N) is 2. The van der Waals surface area contributed by atoms with Gasteiger partial charge in [-0.1, -0.05) is 30.3 Å². The smallest absolute Gasteiger partial charge is 0.292 e. The van der Waals surface area contributed by atoms with Crippen molar-refractivity contribution in [3.63, 3.8) is 0 Å². The molecule has 1 aromatic carbocycles. The summed E-state index contributed by atoms with van der Waals surface area (Å²) in [5.74, 6) is 0.545. The Morgan fingerprint density at radius 3 is 2.88 bits per heavy atom. The molecule has 0 bridgehead atoms. The fourth-order valence-corrected chi connectivity index (χ4v) is 3.37. The molecule has 0 unspecified atom stereocenters. The van der Waals surface area contributed by atoms with Crippen LogP contribution in [0.4, 0.5) is 5.82 Å². The second-order valence-electron chi connectivity index (χ2n) is 6.03. The topological polar surface area (TPSA) is 74.2 Å². The Kier molecular flexibility index (Phi) is 4.42. The summed E-state index contributed by atoms with van der Waals surface area (Å²) in [4.78, 5) is 14.6. The van der Waals surface area contributed by atoms with Crippen molar-refractivity contribution in [3.05, 3.63) is 69.7 Å². The molecule has 7 heteroatoms. The quantitative estimate of drug-likeness (QED) is 0.701. The van der Waals surface area contributed by atoms with Gasteiger partial charge in [-0.2, -0.15) is 5.10 Å². The largest absolute Gasteiger partial charge is 0.444 e. The molecule has 1 aliphatic rings. The Bertz CT molecular complexity index is 888. The van der Waals surface area contributed by atoms with E-state index in [0.717, 1.165) is 37.3 Å². The zero-order chi connectivity index (χ0) is 17.2. The molecular formula is C18H17BrN4O2. The van der Waals surface area contributed by atoms with Crippen LogP contribution in [0.1, 0.15) is 27.4 Å². The van der Waals surface area contributed by atoms with E-state index in [2.05, 4.69) is 60.6 Å². The first-order chi connectivity index (χ1) is 12.2. The van der Waals surface area contributed by atoms with Crippen LogP contribution >= 0.6 is 15.9 Å². The number of furan rings is 1. The third-order valence-corrected chi connectivity index (χ3v) is 4.72. The van der Waals surface area contributed by atoms with Gasteiger partial charge in [0.05, 0.1) is 5.69 Å². The van der Waals surface area contributed by atoms with Gasteiger partial charge in [0, 0.05) is 25.2 Å². The molecule has 25 heavy (non-hydrogen) atoms. The predicted octanol–water partition coefficient (Wildman–Crippen LogP) is 3.58. The third kappa shape index (κ3) is 3.52. The van der Waals surface area contributed by atoms with Crippen molar-refractivity contribution in [2.45, 2.75) is 19.5 Å². The standard InChI is InChI=1S/C18H17BrN4O2/c19-16-7-6-15(25-16)18(24)20-17-13-8-9-23(11-14(13)21-22-17)10-12-4-2-1-3-5-12/h1-7H,8-11H2,(H2,20,21,22,24). The second-order valence-corrected chi connectivity index (χ2v) is 6.82. The fourth-order valence-electron chi connectivity index (χ4n) is 3.06. The molecule has 3 aromatic rings. The lowest BCUT2D eigenvalue weighted by Gasteiger charge is -2.26. The minimum Gasteiger partial charge on any atom is -0.444 e. The van der Waals surface area contributed by atoms with Crippen molar-refractivity contribution in [1.82, 2.24) is 15.1 Å². The van der Waals surface area contributed by atoms with E-state index in [0.29, 0.717) is 10.5 Å². The maximum atomic E-state index is 12.2. The first kappa shape index (κ1) is 16.1. The van der Waals surface area contributed by atoms with E-state index in [1.165, 1.54) is 5.56 Å². The number of hydrogen-bond acceptors (Lipinski definition) is 4. The van der Waals surface area contributed by atoms with Gasteiger partial charge in [0.1, 0.15) is 0 Å². The summed E-state index contributed by atoms with van der Waals surface area (Å²) in [5.41, 5.74) is 3.42. The summed E-state index contributed by atoms with van der Waals surface area (Å²) >= 11 is 3.20. The predicted molar refractivity (Wildman–Crippen MR) is 97.2 cm³/mol. The number of fused-ring (bicyclic) bond motifs is 1. The van der Waals surface area contributed by atoms with Crippen LogP contribution in [0.25, 0.3) is 0 Å². The summed E-state index contributed by atoms with van der Waals surface area (Å²) in [7, 11) is 0. The lowest BCUT2D eigenvalue weighted by molar-refractivity contribution is 0.0995.